The zero-order valence-electron chi connectivity index (χ0n) is 15.2. The highest BCUT2D eigenvalue weighted by Gasteiger charge is 2.16. The average Bonchev–Trinajstić information content (AvgIpc) is 3.16. The van der Waals surface area contributed by atoms with E-state index in [-0.39, 0.29) is 11.9 Å². The number of benzene rings is 2. The molecule has 1 amide bonds. The van der Waals surface area contributed by atoms with Gasteiger partial charge in [0.15, 0.2) is 4.80 Å². The Kier molecular flexibility index (Phi) is 4.00. The predicted molar refractivity (Wildman–Crippen MR) is 106 cm³/mol. The Morgan fingerprint density at radius 2 is 1.96 bits per heavy atom. The Morgan fingerprint density at radius 3 is 2.73 bits per heavy atom. The van der Waals surface area contributed by atoms with Crippen LogP contribution < -0.4 is 4.80 Å². The number of carbonyl (C=O) groups excluding carboxylic acids is 1. The summed E-state index contributed by atoms with van der Waals surface area (Å²) in [5, 5.41) is 6.76. The number of aryl methyl sites for hydroxylation is 2. The normalized spacial score (nSPS) is 12.6. The molecule has 2 heterocycles. The molecule has 4 aromatic rings. The van der Waals surface area contributed by atoms with Gasteiger partial charge in [0.25, 0.3) is 5.91 Å². The lowest BCUT2D eigenvalue weighted by Crippen LogP contribution is -2.16. The van der Waals surface area contributed by atoms with Crippen LogP contribution in [0.5, 0.6) is 0 Å². The first-order chi connectivity index (χ1) is 12.5. The van der Waals surface area contributed by atoms with Gasteiger partial charge in [-0.3, -0.25) is 9.48 Å². The molecule has 2 aromatic carbocycles. The van der Waals surface area contributed by atoms with Gasteiger partial charge in [-0.2, -0.15) is 10.1 Å². The lowest BCUT2D eigenvalue weighted by molar-refractivity contribution is 0.0986. The number of thiazole rings is 1. The summed E-state index contributed by atoms with van der Waals surface area (Å²) in [6, 6.07) is 14.4. The first-order valence-corrected chi connectivity index (χ1v) is 9.40. The summed E-state index contributed by atoms with van der Waals surface area (Å²) in [5.41, 5.74) is 2.46. The third-order valence-corrected chi connectivity index (χ3v) is 5.55. The summed E-state index contributed by atoms with van der Waals surface area (Å²) < 4.78 is 4.86. The van der Waals surface area contributed by atoms with E-state index in [1.54, 1.807) is 10.7 Å². The molecule has 0 aliphatic carbocycles. The summed E-state index contributed by atoms with van der Waals surface area (Å²) in [6.45, 7) is 5.91. The monoisotopic (exact) mass is 364 g/mol. The molecule has 26 heavy (non-hydrogen) atoms. The van der Waals surface area contributed by atoms with Crippen molar-refractivity contribution in [3.8, 4) is 0 Å². The van der Waals surface area contributed by atoms with Crippen LogP contribution in [0.1, 0.15) is 36.1 Å². The van der Waals surface area contributed by atoms with Gasteiger partial charge in [-0.05, 0) is 38.3 Å². The zero-order chi connectivity index (χ0) is 18.4. The maximum Gasteiger partial charge on any atom is 0.297 e. The van der Waals surface area contributed by atoms with Crippen LogP contribution >= 0.6 is 11.3 Å². The van der Waals surface area contributed by atoms with Gasteiger partial charge in [0.1, 0.15) is 5.69 Å². The van der Waals surface area contributed by atoms with Crippen molar-refractivity contribution in [1.29, 1.82) is 0 Å². The van der Waals surface area contributed by atoms with Crippen LogP contribution in [-0.4, -0.2) is 20.3 Å². The minimum absolute atomic E-state index is 0.109. The third kappa shape index (κ3) is 2.66. The van der Waals surface area contributed by atoms with Crippen LogP contribution in [0.25, 0.3) is 21.0 Å². The van der Waals surface area contributed by atoms with Gasteiger partial charge >= 0.3 is 0 Å². The first-order valence-electron chi connectivity index (χ1n) is 8.58. The summed E-state index contributed by atoms with van der Waals surface area (Å²) in [5.74, 6) is -0.259. The Labute approximate surface area is 155 Å². The van der Waals surface area contributed by atoms with E-state index in [2.05, 4.69) is 34.4 Å². The maximum atomic E-state index is 12.8. The van der Waals surface area contributed by atoms with Gasteiger partial charge < -0.3 is 4.57 Å². The van der Waals surface area contributed by atoms with Crippen LogP contribution in [0, 0.1) is 6.92 Å². The summed E-state index contributed by atoms with van der Waals surface area (Å²) in [7, 11) is 1.96. The van der Waals surface area contributed by atoms with E-state index >= 15 is 0 Å². The molecule has 5 nitrogen and oxygen atoms in total. The van der Waals surface area contributed by atoms with E-state index in [1.807, 2.05) is 44.5 Å². The Hall–Kier alpha value is -2.73. The standard InChI is InChI=1S/C20H20N4OS/c1-12(2)24-16(11-13(3)22-24)19(25)21-20-23(4)18-15-8-6-5-7-14(15)9-10-17(18)26-20/h5-12H,1-4H3. The van der Waals surface area contributed by atoms with Gasteiger partial charge in [-0.15, -0.1) is 0 Å². The molecule has 0 saturated carbocycles. The second-order valence-electron chi connectivity index (χ2n) is 6.70. The molecule has 0 aliphatic heterocycles. The molecule has 0 bridgehead atoms. The van der Waals surface area contributed by atoms with E-state index in [4.69, 9.17) is 0 Å². The topological polar surface area (TPSA) is 52.2 Å². The highest BCUT2D eigenvalue weighted by Crippen LogP contribution is 2.26. The van der Waals surface area contributed by atoms with Gasteiger partial charge in [0.05, 0.1) is 15.9 Å². The predicted octanol–water partition coefficient (Wildman–Crippen LogP) is 4.22. The highest BCUT2D eigenvalue weighted by atomic mass is 32.1. The number of hydrogen-bond acceptors (Lipinski definition) is 3. The molecule has 0 aliphatic rings. The molecule has 0 atom stereocenters. The van der Waals surface area contributed by atoms with Crippen LogP contribution in [-0.2, 0) is 7.05 Å². The number of rotatable bonds is 2. The van der Waals surface area contributed by atoms with Gasteiger partial charge in [0.2, 0.25) is 0 Å². The number of aromatic nitrogens is 3. The number of amides is 1. The molecule has 0 unspecified atom stereocenters. The van der Waals surface area contributed by atoms with Crippen molar-refractivity contribution in [2.24, 2.45) is 12.0 Å². The third-order valence-electron chi connectivity index (χ3n) is 4.45. The molecule has 0 radical (unpaired) electrons. The Bertz CT molecular complexity index is 1210. The quantitative estimate of drug-likeness (QED) is 0.535. The van der Waals surface area contributed by atoms with Crippen molar-refractivity contribution in [3.05, 3.63) is 58.7 Å². The second kappa shape index (κ2) is 6.21. The van der Waals surface area contributed by atoms with Crippen molar-refractivity contribution in [2.45, 2.75) is 26.8 Å². The Morgan fingerprint density at radius 1 is 1.19 bits per heavy atom. The largest absolute Gasteiger partial charge is 0.319 e. The fourth-order valence-corrected chi connectivity index (χ4v) is 4.27. The smallest absolute Gasteiger partial charge is 0.297 e. The second-order valence-corrected chi connectivity index (χ2v) is 7.71. The van der Waals surface area contributed by atoms with Crippen molar-refractivity contribution in [2.75, 3.05) is 0 Å². The number of hydrogen-bond donors (Lipinski definition) is 0. The van der Waals surface area contributed by atoms with Crippen molar-refractivity contribution in [1.82, 2.24) is 14.3 Å². The first kappa shape index (κ1) is 16.7. The number of fused-ring (bicyclic) bond motifs is 3. The molecule has 4 rings (SSSR count). The van der Waals surface area contributed by atoms with Crippen LogP contribution in [0.3, 0.4) is 0 Å². The Balaban J connectivity index is 1.91. The van der Waals surface area contributed by atoms with Crippen molar-refractivity contribution >= 4 is 38.2 Å². The van der Waals surface area contributed by atoms with Crippen LogP contribution in [0.4, 0.5) is 0 Å². The van der Waals surface area contributed by atoms with Crippen LogP contribution in [0.15, 0.2) is 47.5 Å². The SMILES string of the molecule is Cc1cc(C(=O)N=c2sc3ccc4ccccc4c3n2C)n(C(C)C)n1. The summed E-state index contributed by atoms with van der Waals surface area (Å²) in [6.07, 6.45) is 0. The van der Waals surface area contributed by atoms with E-state index in [1.165, 1.54) is 22.1 Å². The summed E-state index contributed by atoms with van der Waals surface area (Å²) in [4.78, 5) is 17.9. The minimum atomic E-state index is -0.259. The lowest BCUT2D eigenvalue weighted by atomic mass is 10.1. The number of carbonyl (C=O) groups is 1. The van der Waals surface area contributed by atoms with Gasteiger partial charge in [0, 0.05) is 18.5 Å². The highest BCUT2D eigenvalue weighted by molar-refractivity contribution is 7.16. The molecule has 0 fully saturated rings. The summed E-state index contributed by atoms with van der Waals surface area (Å²) >= 11 is 1.53. The molecular formula is C20H20N4OS. The molecule has 2 aromatic heterocycles. The molecule has 132 valence electrons. The van der Waals surface area contributed by atoms with E-state index < -0.39 is 0 Å². The molecular weight excluding hydrogens is 344 g/mol. The van der Waals surface area contributed by atoms with E-state index in [9.17, 15) is 4.79 Å². The molecule has 6 heteroatoms. The lowest BCUT2D eigenvalue weighted by Gasteiger charge is -2.07. The fraction of sp³-hybridized carbons (Fsp3) is 0.250. The fourth-order valence-electron chi connectivity index (χ4n) is 3.24. The van der Waals surface area contributed by atoms with Crippen LogP contribution in [0.2, 0.25) is 0 Å². The maximum absolute atomic E-state index is 12.8. The van der Waals surface area contributed by atoms with E-state index in [0.29, 0.717) is 10.5 Å². The van der Waals surface area contributed by atoms with Crippen molar-refractivity contribution in [3.63, 3.8) is 0 Å². The molecule has 0 saturated heterocycles. The van der Waals surface area contributed by atoms with E-state index in [0.717, 1.165) is 15.9 Å². The number of nitrogens with zero attached hydrogens (tertiary/aromatic N) is 4. The van der Waals surface area contributed by atoms with Crippen molar-refractivity contribution < 1.29 is 4.79 Å². The van der Waals surface area contributed by atoms with Gasteiger partial charge in [-0.25, -0.2) is 0 Å². The minimum Gasteiger partial charge on any atom is -0.319 e. The average molecular weight is 364 g/mol. The van der Waals surface area contributed by atoms with Gasteiger partial charge in [-0.1, -0.05) is 41.7 Å². The molecule has 0 N–H and O–H groups in total. The molecule has 0 spiro atoms. The zero-order valence-corrected chi connectivity index (χ0v) is 16.0.